The van der Waals surface area contributed by atoms with Crippen LogP contribution in [0, 0.1) is 5.92 Å². The zero-order chi connectivity index (χ0) is 15.4. The van der Waals surface area contributed by atoms with E-state index in [0.29, 0.717) is 49.0 Å². The standard InChI is InChI=1S/C14H17ClN2O4/c1-2-21-12-11(15)7-10(8-16-12)13(18)17-5-3-9(4-6-17)14(19)20/h7-9H,2-6H2,1H3,(H,19,20). The van der Waals surface area contributed by atoms with Gasteiger partial charge in [0.25, 0.3) is 5.91 Å². The summed E-state index contributed by atoms with van der Waals surface area (Å²) in [5, 5.41) is 9.25. The Morgan fingerprint density at radius 1 is 1.48 bits per heavy atom. The lowest BCUT2D eigenvalue weighted by molar-refractivity contribution is -0.143. The first-order valence-electron chi connectivity index (χ1n) is 6.83. The zero-order valence-corrected chi connectivity index (χ0v) is 12.5. The van der Waals surface area contributed by atoms with E-state index >= 15 is 0 Å². The summed E-state index contributed by atoms with van der Waals surface area (Å²) in [5.41, 5.74) is 0.386. The van der Waals surface area contributed by atoms with Crippen LogP contribution in [0.5, 0.6) is 5.88 Å². The van der Waals surface area contributed by atoms with Crippen molar-refractivity contribution in [1.82, 2.24) is 9.88 Å². The maximum Gasteiger partial charge on any atom is 0.306 e. The normalized spacial score (nSPS) is 15.8. The van der Waals surface area contributed by atoms with Crippen molar-refractivity contribution >= 4 is 23.5 Å². The van der Waals surface area contributed by atoms with E-state index in [1.165, 1.54) is 12.3 Å². The Balaban J connectivity index is 2.04. The molecule has 1 aromatic rings. The summed E-state index contributed by atoms with van der Waals surface area (Å²) in [7, 11) is 0. The van der Waals surface area contributed by atoms with Gasteiger partial charge in [-0.1, -0.05) is 11.6 Å². The molecular formula is C14H17ClN2O4. The Morgan fingerprint density at radius 2 is 2.14 bits per heavy atom. The largest absolute Gasteiger partial charge is 0.481 e. The zero-order valence-electron chi connectivity index (χ0n) is 11.7. The molecule has 0 bridgehead atoms. The predicted molar refractivity (Wildman–Crippen MR) is 76.7 cm³/mol. The van der Waals surface area contributed by atoms with Gasteiger partial charge < -0.3 is 14.7 Å². The number of hydrogen-bond donors (Lipinski definition) is 1. The third-order valence-electron chi connectivity index (χ3n) is 3.47. The second-order valence-electron chi connectivity index (χ2n) is 4.85. The maximum atomic E-state index is 12.3. The highest BCUT2D eigenvalue weighted by atomic mass is 35.5. The number of carbonyl (C=O) groups is 2. The molecule has 1 N–H and O–H groups in total. The van der Waals surface area contributed by atoms with Crippen molar-refractivity contribution in [2.24, 2.45) is 5.92 Å². The molecule has 0 atom stereocenters. The van der Waals surface area contributed by atoms with E-state index < -0.39 is 5.97 Å². The average Bonchev–Trinajstić information content (AvgIpc) is 2.49. The lowest BCUT2D eigenvalue weighted by atomic mass is 9.97. The summed E-state index contributed by atoms with van der Waals surface area (Å²) in [6, 6.07) is 1.53. The minimum atomic E-state index is -0.798. The van der Waals surface area contributed by atoms with Crippen LogP contribution in [0.4, 0.5) is 0 Å². The van der Waals surface area contributed by atoms with E-state index in [4.69, 9.17) is 21.4 Å². The number of carboxylic acid groups (broad SMARTS) is 1. The van der Waals surface area contributed by atoms with Crippen molar-refractivity contribution in [3.63, 3.8) is 0 Å². The number of carbonyl (C=O) groups excluding carboxylic acids is 1. The molecule has 114 valence electrons. The third kappa shape index (κ3) is 3.64. The van der Waals surface area contributed by atoms with E-state index in [9.17, 15) is 9.59 Å². The van der Waals surface area contributed by atoms with Crippen LogP contribution in [0.15, 0.2) is 12.3 Å². The smallest absolute Gasteiger partial charge is 0.306 e. The van der Waals surface area contributed by atoms with Crippen LogP contribution in [0.3, 0.4) is 0 Å². The Bertz CT molecular complexity index is 542. The molecule has 1 amide bonds. The van der Waals surface area contributed by atoms with Crippen molar-refractivity contribution in [3.05, 3.63) is 22.8 Å². The summed E-state index contributed by atoms with van der Waals surface area (Å²) >= 11 is 6.02. The molecule has 0 aliphatic carbocycles. The van der Waals surface area contributed by atoms with Crippen molar-refractivity contribution in [2.45, 2.75) is 19.8 Å². The van der Waals surface area contributed by atoms with Gasteiger partial charge >= 0.3 is 5.97 Å². The van der Waals surface area contributed by atoms with Crippen molar-refractivity contribution in [1.29, 1.82) is 0 Å². The third-order valence-corrected chi connectivity index (χ3v) is 3.74. The molecule has 0 unspecified atom stereocenters. The van der Waals surface area contributed by atoms with Gasteiger partial charge in [0.05, 0.1) is 18.1 Å². The van der Waals surface area contributed by atoms with Crippen molar-refractivity contribution in [2.75, 3.05) is 19.7 Å². The number of rotatable bonds is 4. The highest BCUT2D eigenvalue weighted by molar-refractivity contribution is 6.32. The van der Waals surface area contributed by atoms with E-state index in [2.05, 4.69) is 4.98 Å². The SMILES string of the molecule is CCOc1ncc(C(=O)N2CCC(C(=O)O)CC2)cc1Cl. The van der Waals surface area contributed by atoms with Crippen LogP contribution < -0.4 is 4.74 Å². The Morgan fingerprint density at radius 3 is 2.67 bits per heavy atom. The molecule has 6 nitrogen and oxygen atoms in total. The summed E-state index contributed by atoms with van der Waals surface area (Å²) in [6.07, 6.45) is 2.38. The summed E-state index contributed by atoms with van der Waals surface area (Å²) < 4.78 is 5.22. The number of aromatic nitrogens is 1. The van der Waals surface area contributed by atoms with Gasteiger partial charge in [0.1, 0.15) is 5.02 Å². The molecule has 0 aromatic carbocycles. The molecule has 21 heavy (non-hydrogen) atoms. The van der Waals surface area contributed by atoms with Gasteiger partial charge in [0, 0.05) is 19.3 Å². The molecular weight excluding hydrogens is 296 g/mol. The van der Waals surface area contributed by atoms with Gasteiger partial charge in [-0.25, -0.2) is 4.98 Å². The lowest BCUT2D eigenvalue weighted by Gasteiger charge is -2.30. The first-order chi connectivity index (χ1) is 10.0. The molecule has 0 spiro atoms. The van der Waals surface area contributed by atoms with Crippen molar-refractivity contribution in [3.8, 4) is 5.88 Å². The summed E-state index contributed by atoms with van der Waals surface area (Å²) in [5.74, 6) is -1.04. The first kappa shape index (κ1) is 15.6. The van der Waals surface area contributed by atoms with Gasteiger partial charge in [-0.3, -0.25) is 9.59 Å². The molecule has 1 aliphatic heterocycles. The highest BCUT2D eigenvalue weighted by Crippen LogP contribution is 2.24. The summed E-state index contributed by atoms with van der Waals surface area (Å²) in [4.78, 5) is 28.9. The topological polar surface area (TPSA) is 79.7 Å². The minimum absolute atomic E-state index is 0.184. The maximum absolute atomic E-state index is 12.3. The molecule has 1 aliphatic rings. The Labute approximate surface area is 127 Å². The average molecular weight is 313 g/mol. The van der Waals surface area contributed by atoms with Crippen LogP contribution in [0.2, 0.25) is 5.02 Å². The van der Waals surface area contributed by atoms with Crippen LogP contribution in [0.1, 0.15) is 30.1 Å². The molecule has 2 rings (SSSR count). The van der Waals surface area contributed by atoms with Gasteiger partial charge in [-0.15, -0.1) is 0 Å². The Hall–Kier alpha value is -1.82. The molecule has 2 heterocycles. The number of ether oxygens (including phenoxy) is 1. The van der Waals surface area contributed by atoms with Gasteiger partial charge in [0.15, 0.2) is 0 Å². The number of likely N-dealkylation sites (tertiary alicyclic amines) is 1. The number of carboxylic acids is 1. The van der Waals surface area contributed by atoms with Crippen LogP contribution in [-0.2, 0) is 4.79 Å². The number of nitrogens with zero attached hydrogens (tertiary/aromatic N) is 2. The van der Waals surface area contributed by atoms with Gasteiger partial charge in [0.2, 0.25) is 5.88 Å². The highest BCUT2D eigenvalue weighted by Gasteiger charge is 2.27. The monoisotopic (exact) mass is 312 g/mol. The quantitative estimate of drug-likeness (QED) is 0.920. The van der Waals surface area contributed by atoms with Crippen molar-refractivity contribution < 1.29 is 19.4 Å². The fourth-order valence-electron chi connectivity index (χ4n) is 2.30. The lowest BCUT2D eigenvalue weighted by Crippen LogP contribution is -2.40. The van der Waals surface area contributed by atoms with Gasteiger partial charge in [-0.05, 0) is 25.8 Å². The fourth-order valence-corrected chi connectivity index (χ4v) is 2.52. The first-order valence-corrected chi connectivity index (χ1v) is 7.21. The van der Waals surface area contributed by atoms with Crippen LogP contribution in [0.25, 0.3) is 0 Å². The number of halogens is 1. The van der Waals surface area contributed by atoms with E-state index in [1.807, 2.05) is 6.92 Å². The molecule has 1 aromatic heterocycles. The number of pyridine rings is 1. The molecule has 1 saturated heterocycles. The molecule has 1 fully saturated rings. The van der Waals surface area contributed by atoms with E-state index in [0.717, 1.165) is 0 Å². The molecule has 7 heteroatoms. The van der Waals surface area contributed by atoms with Gasteiger partial charge in [-0.2, -0.15) is 0 Å². The number of aliphatic carboxylic acids is 1. The number of amides is 1. The van der Waals surface area contributed by atoms with E-state index in [-0.39, 0.29) is 11.8 Å². The van der Waals surface area contributed by atoms with Crippen LogP contribution >= 0.6 is 11.6 Å². The molecule has 0 saturated carbocycles. The second-order valence-corrected chi connectivity index (χ2v) is 5.26. The summed E-state index contributed by atoms with van der Waals surface area (Å²) in [6.45, 7) is 3.13. The van der Waals surface area contributed by atoms with Crippen LogP contribution in [-0.4, -0.2) is 46.6 Å². The Kier molecular flexibility index (Phi) is 5.01. The number of piperidine rings is 1. The second kappa shape index (κ2) is 6.76. The number of hydrogen-bond acceptors (Lipinski definition) is 4. The molecule has 0 radical (unpaired) electrons. The predicted octanol–water partition coefficient (Wildman–Crippen LogP) is 2.07. The fraction of sp³-hybridized carbons (Fsp3) is 0.500. The van der Waals surface area contributed by atoms with E-state index in [1.54, 1.807) is 4.90 Å². The minimum Gasteiger partial charge on any atom is -0.481 e.